The van der Waals surface area contributed by atoms with Crippen LogP contribution in [0.15, 0.2) is 40.9 Å². The molecule has 5 heteroatoms. The molecular formula is C14H12BrCl2NO. The fourth-order valence-electron chi connectivity index (χ4n) is 1.67. The van der Waals surface area contributed by atoms with Gasteiger partial charge in [0, 0.05) is 10.0 Å². The molecule has 0 aliphatic rings. The van der Waals surface area contributed by atoms with Crippen molar-refractivity contribution in [3.8, 4) is 11.5 Å². The Hall–Kier alpha value is -0.740. The Labute approximate surface area is 130 Å². The highest BCUT2D eigenvalue weighted by molar-refractivity contribution is 9.10. The first kappa shape index (κ1) is 14.7. The zero-order valence-corrected chi connectivity index (χ0v) is 13.1. The van der Waals surface area contributed by atoms with E-state index in [0.717, 1.165) is 15.8 Å². The summed E-state index contributed by atoms with van der Waals surface area (Å²) < 4.78 is 6.68. The molecule has 0 saturated heterocycles. The van der Waals surface area contributed by atoms with Crippen LogP contribution in [0.5, 0.6) is 11.5 Å². The fraction of sp³-hybridized carbons (Fsp3) is 0.143. The predicted molar refractivity (Wildman–Crippen MR) is 83.4 cm³/mol. The van der Waals surface area contributed by atoms with E-state index >= 15 is 0 Å². The second kappa shape index (κ2) is 6.62. The van der Waals surface area contributed by atoms with E-state index in [1.165, 1.54) is 0 Å². The Balaban J connectivity index is 2.32. The maximum absolute atomic E-state index is 5.98. The normalized spacial score (nSPS) is 10.5. The molecule has 0 radical (unpaired) electrons. The van der Waals surface area contributed by atoms with Crippen LogP contribution in [0.1, 0.15) is 5.56 Å². The Morgan fingerprint density at radius 2 is 1.63 bits per heavy atom. The van der Waals surface area contributed by atoms with Crippen molar-refractivity contribution in [2.45, 2.75) is 6.42 Å². The highest BCUT2D eigenvalue weighted by Crippen LogP contribution is 2.34. The zero-order chi connectivity index (χ0) is 13.8. The summed E-state index contributed by atoms with van der Waals surface area (Å²) in [5.74, 6) is 1.45. The van der Waals surface area contributed by atoms with Crippen molar-refractivity contribution in [3.05, 3.63) is 56.5 Å². The first-order chi connectivity index (χ1) is 9.10. The maximum atomic E-state index is 5.98. The molecule has 100 valence electrons. The van der Waals surface area contributed by atoms with Gasteiger partial charge < -0.3 is 10.5 Å². The van der Waals surface area contributed by atoms with Crippen molar-refractivity contribution in [3.63, 3.8) is 0 Å². The number of benzene rings is 2. The molecule has 0 spiro atoms. The second-order valence-corrected chi connectivity index (χ2v) is 5.69. The molecule has 0 aromatic heterocycles. The molecule has 0 heterocycles. The molecule has 0 unspecified atom stereocenters. The predicted octanol–water partition coefficient (Wildman–Crippen LogP) is 5.05. The molecule has 0 amide bonds. The van der Waals surface area contributed by atoms with E-state index in [0.29, 0.717) is 28.8 Å². The highest BCUT2D eigenvalue weighted by atomic mass is 79.9. The van der Waals surface area contributed by atoms with Gasteiger partial charge in [0.25, 0.3) is 0 Å². The molecule has 0 saturated carbocycles. The standard InChI is InChI=1S/C14H12BrCl2NO/c15-12-8-11(17)2-4-14(12)19-13-3-1-10(16)7-9(13)5-6-18/h1-4,7-8H,5-6,18H2. The minimum atomic E-state index is 0.540. The van der Waals surface area contributed by atoms with E-state index < -0.39 is 0 Å². The van der Waals surface area contributed by atoms with E-state index in [1.54, 1.807) is 18.2 Å². The molecule has 0 bridgehead atoms. The van der Waals surface area contributed by atoms with Crippen LogP contribution in [0.4, 0.5) is 0 Å². The van der Waals surface area contributed by atoms with E-state index in [-0.39, 0.29) is 0 Å². The van der Waals surface area contributed by atoms with Crippen LogP contribution < -0.4 is 10.5 Å². The lowest BCUT2D eigenvalue weighted by molar-refractivity contribution is 0.473. The largest absolute Gasteiger partial charge is 0.456 e. The van der Waals surface area contributed by atoms with Crippen molar-refractivity contribution in [1.82, 2.24) is 0 Å². The van der Waals surface area contributed by atoms with Gasteiger partial charge in [-0.2, -0.15) is 0 Å². The van der Waals surface area contributed by atoms with Crippen molar-refractivity contribution in [1.29, 1.82) is 0 Å². The highest BCUT2D eigenvalue weighted by Gasteiger charge is 2.08. The van der Waals surface area contributed by atoms with Crippen LogP contribution in [0.2, 0.25) is 10.0 Å². The fourth-order valence-corrected chi connectivity index (χ4v) is 2.63. The van der Waals surface area contributed by atoms with Crippen LogP contribution in [-0.2, 0) is 6.42 Å². The number of halogens is 3. The van der Waals surface area contributed by atoms with Crippen molar-refractivity contribution < 1.29 is 4.74 Å². The van der Waals surface area contributed by atoms with Gasteiger partial charge in [-0.15, -0.1) is 0 Å². The summed E-state index contributed by atoms with van der Waals surface area (Å²) in [4.78, 5) is 0. The van der Waals surface area contributed by atoms with Crippen LogP contribution in [-0.4, -0.2) is 6.54 Å². The Kier molecular flexibility index (Phi) is 5.11. The SMILES string of the molecule is NCCc1cc(Cl)ccc1Oc1ccc(Cl)cc1Br. The van der Waals surface area contributed by atoms with E-state index in [9.17, 15) is 0 Å². The topological polar surface area (TPSA) is 35.2 Å². The molecule has 0 fully saturated rings. The van der Waals surface area contributed by atoms with E-state index in [1.807, 2.05) is 18.2 Å². The van der Waals surface area contributed by atoms with Gasteiger partial charge in [-0.25, -0.2) is 0 Å². The number of hydrogen-bond donors (Lipinski definition) is 1. The van der Waals surface area contributed by atoms with Crippen LogP contribution in [0.3, 0.4) is 0 Å². The first-order valence-electron chi connectivity index (χ1n) is 5.71. The summed E-state index contributed by atoms with van der Waals surface area (Å²) >= 11 is 15.3. The van der Waals surface area contributed by atoms with Gasteiger partial charge >= 0.3 is 0 Å². The quantitative estimate of drug-likeness (QED) is 0.827. The molecule has 2 N–H and O–H groups in total. The third-order valence-electron chi connectivity index (χ3n) is 2.55. The number of rotatable bonds is 4. The third-order valence-corrected chi connectivity index (χ3v) is 3.64. The molecule has 0 aliphatic heterocycles. The minimum Gasteiger partial charge on any atom is -0.456 e. The molecule has 2 aromatic carbocycles. The molecule has 2 aromatic rings. The van der Waals surface area contributed by atoms with E-state index in [2.05, 4.69) is 15.9 Å². The smallest absolute Gasteiger partial charge is 0.141 e. The first-order valence-corrected chi connectivity index (χ1v) is 7.26. The van der Waals surface area contributed by atoms with Crippen molar-refractivity contribution in [2.24, 2.45) is 5.73 Å². The summed E-state index contributed by atoms with van der Waals surface area (Å²) in [6, 6.07) is 10.9. The average Bonchev–Trinajstić information content (AvgIpc) is 2.36. The summed E-state index contributed by atoms with van der Waals surface area (Å²) in [5.41, 5.74) is 6.58. The maximum Gasteiger partial charge on any atom is 0.141 e. The molecule has 0 atom stereocenters. The number of ether oxygens (including phenoxy) is 1. The second-order valence-electron chi connectivity index (χ2n) is 3.97. The lowest BCUT2D eigenvalue weighted by Crippen LogP contribution is -2.04. The lowest BCUT2D eigenvalue weighted by Gasteiger charge is -2.12. The molecule has 2 nitrogen and oxygen atoms in total. The average molecular weight is 361 g/mol. The van der Waals surface area contributed by atoms with Gasteiger partial charge in [-0.05, 0) is 70.9 Å². The van der Waals surface area contributed by atoms with Gasteiger partial charge in [0.15, 0.2) is 0 Å². The molecule has 0 aliphatic carbocycles. The Bertz CT molecular complexity index is 590. The van der Waals surface area contributed by atoms with Gasteiger partial charge in [-0.1, -0.05) is 23.2 Å². The van der Waals surface area contributed by atoms with Gasteiger partial charge in [-0.3, -0.25) is 0 Å². The monoisotopic (exact) mass is 359 g/mol. The van der Waals surface area contributed by atoms with Crippen LogP contribution in [0.25, 0.3) is 0 Å². The summed E-state index contributed by atoms with van der Waals surface area (Å²) in [6.45, 7) is 0.540. The minimum absolute atomic E-state index is 0.540. The van der Waals surface area contributed by atoms with Crippen LogP contribution in [0, 0.1) is 0 Å². The number of nitrogens with two attached hydrogens (primary N) is 1. The zero-order valence-electron chi connectivity index (χ0n) is 10.00. The summed E-state index contributed by atoms with van der Waals surface area (Å²) in [6.07, 6.45) is 0.709. The molecule has 2 rings (SSSR count). The van der Waals surface area contributed by atoms with E-state index in [4.69, 9.17) is 33.7 Å². The van der Waals surface area contributed by atoms with Crippen LogP contribution >= 0.6 is 39.1 Å². The van der Waals surface area contributed by atoms with Gasteiger partial charge in [0.2, 0.25) is 0 Å². The molecule has 19 heavy (non-hydrogen) atoms. The Morgan fingerprint density at radius 1 is 1.00 bits per heavy atom. The Morgan fingerprint density at radius 3 is 2.26 bits per heavy atom. The summed E-state index contributed by atoms with van der Waals surface area (Å²) in [7, 11) is 0. The summed E-state index contributed by atoms with van der Waals surface area (Å²) in [5, 5.41) is 1.32. The lowest BCUT2D eigenvalue weighted by atomic mass is 10.1. The molecular weight excluding hydrogens is 349 g/mol. The third kappa shape index (κ3) is 3.86. The number of hydrogen-bond acceptors (Lipinski definition) is 2. The van der Waals surface area contributed by atoms with Gasteiger partial charge in [0.05, 0.1) is 4.47 Å². The van der Waals surface area contributed by atoms with Crippen molar-refractivity contribution >= 4 is 39.1 Å². The van der Waals surface area contributed by atoms with Crippen molar-refractivity contribution in [2.75, 3.05) is 6.54 Å². The van der Waals surface area contributed by atoms with Gasteiger partial charge in [0.1, 0.15) is 11.5 Å².